The lowest BCUT2D eigenvalue weighted by Crippen LogP contribution is -2.45. The van der Waals surface area contributed by atoms with Gasteiger partial charge in [-0.05, 0) is 37.0 Å². The van der Waals surface area contributed by atoms with Gasteiger partial charge in [-0.1, -0.05) is 24.3 Å². The fourth-order valence-corrected chi connectivity index (χ4v) is 2.61. The molecule has 1 aliphatic rings. The molecule has 1 aliphatic carbocycles. The number of allylic oxidation sites excluding steroid dienone is 1. The van der Waals surface area contributed by atoms with Crippen LogP contribution in [0.4, 0.5) is 4.79 Å². The number of nitrogens with one attached hydrogen (secondary N) is 1. The molecule has 1 aromatic carbocycles. The molecule has 2 amide bonds. The Morgan fingerprint density at radius 2 is 2.18 bits per heavy atom. The van der Waals surface area contributed by atoms with Crippen LogP contribution >= 0.6 is 0 Å². The lowest BCUT2D eigenvalue weighted by molar-refractivity contribution is 0.148. The fraction of sp³-hybridized carbons (Fsp3) is 0.471. The Hall–Kier alpha value is -2.01. The van der Waals surface area contributed by atoms with Crippen LogP contribution in [0, 0.1) is 0 Å². The number of carbonyl (C=O) groups is 1. The quantitative estimate of drug-likeness (QED) is 0.822. The van der Waals surface area contributed by atoms with E-state index in [1.807, 2.05) is 30.3 Å². The number of methoxy groups -OCH3 is 1. The predicted octanol–water partition coefficient (Wildman–Crippen LogP) is 2.48. The van der Waals surface area contributed by atoms with Gasteiger partial charge in [0.1, 0.15) is 5.75 Å². The molecule has 120 valence electrons. The van der Waals surface area contributed by atoms with Gasteiger partial charge in [0.15, 0.2) is 0 Å². The minimum Gasteiger partial charge on any atom is -0.497 e. The summed E-state index contributed by atoms with van der Waals surface area (Å²) >= 11 is 0. The number of hydrogen-bond acceptors (Lipinski definition) is 3. The van der Waals surface area contributed by atoms with E-state index in [1.54, 1.807) is 19.1 Å². The predicted molar refractivity (Wildman–Crippen MR) is 85.9 cm³/mol. The first-order valence-corrected chi connectivity index (χ1v) is 7.60. The van der Waals surface area contributed by atoms with Crippen molar-refractivity contribution in [1.82, 2.24) is 10.2 Å². The number of amides is 2. The van der Waals surface area contributed by atoms with Gasteiger partial charge >= 0.3 is 6.03 Å². The third kappa shape index (κ3) is 4.01. The van der Waals surface area contributed by atoms with Crippen molar-refractivity contribution in [3.8, 4) is 5.75 Å². The van der Waals surface area contributed by atoms with E-state index in [-0.39, 0.29) is 24.7 Å². The normalized spacial score (nSPS) is 18.6. The second-order valence-corrected chi connectivity index (χ2v) is 5.50. The summed E-state index contributed by atoms with van der Waals surface area (Å²) in [7, 11) is 3.31. The van der Waals surface area contributed by atoms with Gasteiger partial charge in [-0.3, -0.25) is 0 Å². The zero-order chi connectivity index (χ0) is 15.9. The van der Waals surface area contributed by atoms with Gasteiger partial charge in [-0.25, -0.2) is 4.79 Å². The fourth-order valence-electron chi connectivity index (χ4n) is 2.61. The van der Waals surface area contributed by atoms with Crippen LogP contribution in [0.5, 0.6) is 5.75 Å². The molecule has 0 aromatic heterocycles. The molecule has 0 unspecified atom stereocenters. The van der Waals surface area contributed by atoms with Crippen molar-refractivity contribution < 1.29 is 14.6 Å². The Bertz CT molecular complexity index is 513. The maximum absolute atomic E-state index is 12.4. The molecule has 2 N–H and O–H groups in total. The molecule has 0 radical (unpaired) electrons. The molecule has 0 aliphatic heterocycles. The molecule has 2 rings (SSSR count). The number of hydrogen-bond donors (Lipinski definition) is 2. The van der Waals surface area contributed by atoms with Crippen molar-refractivity contribution in [2.45, 2.75) is 31.3 Å². The number of likely N-dealkylation sites (N-methyl/N-ethyl adjacent to an activating group) is 1. The highest BCUT2D eigenvalue weighted by Crippen LogP contribution is 2.22. The van der Waals surface area contributed by atoms with Gasteiger partial charge < -0.3 is 20.1 Å². The van der Waals surface area contributed by atoms with Crippen molar-refractivity contribution in [3.05, 3.63) is 42.0 Å². The summed E-state index contributed by atoms with van der Waals surface area (Å²) in [6.45, 7) is -0.128. The van der Waals surface area contributed by atoms with Gasteiger partial charge in [-0.2, -0.15) is 0 Å². The lowest BCUT2D eigenvalue weighted by atomic mass is 10.0. The number of aliphatic hydroxyl groups is 1. The van der Waals surface area contributed by atoms with Crippen LogP contribution in [-0.2, 0) is 0 Å². The van der Waals surface area contributed by atoms with Crippen molar-refractivity contribution in [1.29, 1.82) is 0 Å². The SMILES string of the molecule is COc1ccc([C@H](CO)N(C)C(=O)N[C@H]2C=CCCC2)cc1. The number of urea groups is 1. The topological polar surface area (TPSA) is 61.8 Å². The summed E-state index contributed by atoms with van der Waals surface area (Å²) in [5, 5.41) is 12.7. The van der Waals surface area contributed by atoms with Crippen molar-refractivity contribution in [3.63, 3.8) is 0 Å². The number of aliphatic hydroxyl groups excluding tert-OH is 1. The third-order valence-electron chi connectivity index (χ3n) is 4.02. The van der Waals surface area contributed by atoms with Crippen LogP contribution in [0.15, 0.2) is 36.4 Å². The largest absolute Gasteiger partial charge is 0.497 e. The number of ether oxygens (including phenoxy) is 1. The second kappa shape index (κ2) is 7.84. The minimum atomic E-state index is -0.376. The summed E-state index contributed by atoms with van der Waals surface area (Å²) in [5.41, 5.74) is 0.875. The molecule has 1 aromatic rings. The van der Waals surface area contributed by atoms with Crippen LogP contribution in [0.2, 0.25) is 0 Å². The Balaban J connectivity index is 2.03. The molecule has 0 bridgehead atoms. The van der Waals surface area contributed by atoms with Gasteiger partial charge in [-0.15, -0.1) is 0 Å². The molecular formula is C17H24N2O3. The first-order chi connectivity index (χ1) is 10.7. The summed E-state index contributed by atoms with van der Waals surface area (Å²) in [5.74, 6) is 0.750. The third-order valence-corrected chi connectivity index (χ3v) is 4.02. The molecule has 5 heteroatoms. The first kappa shape index (κ1) is 16.4. The molecule has 0 fully saturated rings. The van der Waals surface area contributed by atoms with Gasteiger partial charge in [0.25, 0.3) is 0 Å². The molecule has 0 spiro atoms. The van der Waals surface area contributed by atoms with Crippen molar-refractivity contribution in [2.24, 2.45) is 0 Å². The van der Waals surface area contributed by atoms with Crippen molar-refractivity contribution in [2.75, 3.05) is 20.8 Å². The highest BCUT2D eigenvalue weighted by atomic mass is 16.5. The molecule has 2 atom stereocenters. The van der Waals surface area contributed by atoms with Crippen LogP contribution < -0.4 is 10.1 Å². The van der Waals surface area contributed by atoms with E-state index in [1.165, 1.54) is 0 Å². The molecule has 5 nitrogen and oxygen atoms in total. The van der Waals surface area contributed by atoms with Gasteiger partial charge in [0.05, 0.1) is 19.8 Å². The zero-order valence-corrected chi connectivity index (χ0v) is 13.2. The summed E-state index contributed by atoms with van der Waals surface area (Å²) in [6, 6.07) is 6.92. The maximum Gasteiger partial charge on any atom is 0.318 e. The summed E-state index contributed by atoms with van der Waals surface area (Å²) < 4.78 is 5.13. The maximum atomic E-state index is 12.4. The second-order valence-electron chi connectivity index (χ2n) is 5.50. The Morgan fingerprint density at radius 1 is 1.45 bits per heavy atom. The monoisotopic (exact) mass is 304 g/mol. The molecule has 0 saturated heterocycles. The van der Waals surface area contributed by atoms with Crippen LogP contribution in [0.25, 0.3) is 0 Å². The van der Waals surface area contributed by atoms with E-state index in [2.05, 4.69) is 11.4 Å². The molecule has 22 heavy (non-hydrogen) atoms. The highest BCUT2D eigenvalue weighted by molar-refractivity contribution is 5.75. The number of nitrogens with zero attached hydrogens (tertiary/aromatic N) is 1. The van der Waals surface area contributed by atoms with E-state index >= 15 is 0 Å². The lowest BCUT2D eigenvalue weighted by Gasteiger charge is -2.29. The summed E-state index contributed by atoms with van der Waals surface area (Å²) in [6.07, 6.45) is 7.26. The standard InChI is InChI=1S/C17H24N2O3/c1-19(17(21)18-14-6-4-3-5-7-14)16(12-20)13-8-10-15(22-2)11-9-13/h4,6,8-11,14,16,20H,3,5,7,12H2,1-2H3,(H,18,21)/t14-,16-/m0/s1. The molecular weight excluding hydrogens is 280 g/mol. The van der Waals surface area contributed by atoms with Gasteiger partial charge in [0, 0.05) is 13.1 Å². The first-order valence-electron chi connectivity index (χ1n) is 7.60. The zero-order valence-electron chi connectivity index (χ0n) is 13.2. The Labute approximate surface area is 131 Å². The van der Waals surface area contributed by atoms with Crippen LogP contribution in [-0.4, -0.2) is 42.8 Å². The average molecular weight is 304 g/mol. The number of benzene rings is 1. The number of rotatable bonds is 5. The summed E-state index contributed by atoms with van der Waals surface area (Å²) in [4.78, 5) is 13.9. The smallest absolute Gasteiger partial charge is 0.318 e. The van der Waals surface area contributed by atoms with Crippen molar-refractivity contribution >= 4 is 6.03 Å². The average Bonchev–Trinajstić information content (AvgIpc) is 2.57. The van der Waals surface area contributed by atoms with E-state index in [9.17, 15) is 9.90 Å². The Morgan fingerprint density at radius 3 is 2.73 bits per heavy atom. The minimum absolute atomic E-state index is 0.0823. The highest BCUT2D eigenvalue weighted by Gasteiger charge is 2.22. The van der Waals surface area contributed by atoms with E-state index < -0.39 is 0 Å². The van der Waals surface area contributed by atoms with E-state index in [0.717, 1.165) is 30.6 Å². The molecule has 0 heterocycles. The van der Waals surface area contributed by atoms with E-state index in [0.29, 0.717) is 0 Å². The van der Waals surface area contributed by atoms with E-state index in [4.69, 9.17) is 4.74 Å². The van der Waals surface area contributed by atoms with Gasteiger partial charge in [0.2, 0.25) is 0 Å². The Kier molecular flexibility index (Phi) is 5.83. The van der Waals surface area contributed by atoms with Crippen LogP contribution in [0.3, 0.4) is 0 Å². The van der Waals surface area contributed by atoms with Crippen LogP contribution in [0.1, 0.15) is 30.9 Å². The number of carbonyl (C=O) groups excluding carboxylic acids is 1. The molecule has 0 saturated carbocycles.